The maximum atomic E-state index is 11.7. The van der Waals surface area contributed by atoms with Gasteiger partial charge in [0.2, 0.25) is 0 Å². The van der Waals surface area contributed by atoms with E-state index in [4.69, 9.17) is 4.74 Å². The van der Waals surface area contributed by atoms with Gasteiger partial charge >= 0.3 is 5.97 Å². The summed E-state index contributed by atoms with van der Waals surface area (Å²) in [7, 11) is 0. The molecule has 0 aromatic rings. The van der Waals surface area contributed by atoms with Crippen LogP contribution in [-0.2, 0) is 9.53 Å². The molecule has 0 aromatic heterocycles. The van der Waals surface area contributed by atoms with Gasteiger partial charge in [-0.3, -0.25) is 14.6 Å². The highest BCUT2D eigenvalue weighted by atomic mass is 16.5. The molecule has 3 heterocycles. The van der Waals surface area contributed by atoms with E-state index in [0.717, 1.165) is 13.1 Å². The number of piperazine rings is 1. The van der Waals surface area contributed by atoms with Crippen LogP contribution in [-0.4, -0.2) is 72.4 Å². The molecule has 5 heteroatoms. The normalized spacial score (nSPS) is 39.6. The number of nitrogens with zero attached hydrogens (tertiary/aromatic N) is 2. The standard InChI is InChI=1S/C15H26N2O3/c1-12-8-16-6-3-2-4-13(16)9-17(12)10-15(14(18)19)5-7-20-11-15/h12-13H,2-11H2,1H3,(H,18,19). The van der Waals surface area contributed by atoms with Gasteiger partial charge in [0.1, 0.15) is 5.41 Å². The van der Waals surface area contributed by atoms with Gasteiger partial charge in [-0.25, -0.2) is 0 Å². The zero-order valence-corrected chi connectivity index (χ0v) is 12.4. The predicted molar refractivity (Wildman–Crippen MR) is 75.8 cm³/mol. The summed E-state index contributed by atoms with van der Waals surface area (Å²) < 4.78 is 5.39. The molecule has 0 aromatic carbocycles. The first kappa shape index (κ1) is 14.3. The predicted octanol–water partition coefficient (Wildman–Crippen LogP) is 1.04. The summed E-state index contributed by atoms with van der Waals surface area (Å²) in [6.07, 6.45) is 4.55. The molecule has 3 aliphatic heterocycles. The van der Waals surface area contributed by atoms with E-state index in [1.165, 1.54) is 25.8 Å². The lowest BCUT2D eigenvalue weighted by atomic mass is 9.85. The van der Waals surface area contributed by atoms with E-state index in [0.29, 0.717) is 38.3 Å². The number of carbonyl (C=O) groups is 1. The molecule has 0 saturated carbocycles. The SMILES string of the molecule is CC1CN2CCCCC2CN1CC1(C(=O)O)CCOC1. The Morgan fingerprint density at radius 1 is 1.40 bits per heavy atom. The monoisotopic (exact) mass is 282 g/mol. The summed E-state index contributed by atoms with van der Waals surface area (Å²) in [4.78, 5) is 16.7. The molecule has 0 radical (unpaired) electrons. The Morgan fingerprint density at radius 2 is 2.25 bits per heavy atom. The van der Waals surface area contributed by atoms with E-state index < -0.39 is 11.4 Å². The molecule has 0 amide bonds. The van der Waals surface area contributed by atoms with E-state index in [9.17, 15) is 9.90 Å². The van der Waals surface area contributed by atoms with Crippen LogP contribution in [0, 0.1) is 5.41 Å². The Labute approximate surface area is 120 Å². The van der Waals surface area contributed by atoms with Crippen molar-refractivity contribution in [1.29, 1.82) is 0 Å². The summed E-state index contributed by atoms with van der Waals surface area (Å²) in [5.74, 6) is -0.687. The number of rotatable bonds is 3. The number of carboxylic acid groups (broad SMARTS) is 1. The quantitative estimate of drug-likeness (QED) is 0.838. The molecule has 3 saturated heterocycles. The van der Waals surface area contributed by atoms with Crippen molar-refractivity contribution in [3.63, 3.8) is 0 Å². The first-order chi connectivity index (χ1) is 9.61. The summed E-state index contributed by atoms with van der Waals surface area (Å²) in [6.45, 7) is 7.17. The first-order valence-corrected chi connectivity index (χ1v) is 7.90. The smallest absolute Gasteiger partial charge is 0.313 e. The van der Waals surface area contributed by atoms with Crippen LogP contribution < -0.4 is 0 Å². The second-order valence-corrected chi connectivity index (χ2v) is 6.81. The summed E-state index contributed by atoms with van der Waals surface area (Å²) in [6, 6.07) is 1.08. The number of carboxylic acids is 1. The van der Waals surface area contributed by atoms with Gasteiger partial charge in [0.05, 0.1) is 6.61 Å². The molecule has 0 spiro atoms. The van der Waals surface area contributed by atoms with Gasteiger partial charge in [-0.2, -0.15) is 0 Å². The molecular formula is C15H26N2O3. The molecule has 3 rings (SSSR count). The Morgan fingerprint density at radius 3 is 2.95 bits per heavy atom. The summed E-state index contributed by atoms with van der Waals surface area (Å²) in [5, 5.41) is 9.60. The number of hydrogen-bond donors (Lipinski definition) is 1. The molecule has 20 heavy (non-hydrogen) atoms. The van der Waals surface area contributed by atoms with Gasteiger partial charge < -0.3 is 9.84 Å². The fraction of sp³-hybridized carbons (Fsp3) is 0.933. The van der Waals surface area contributed by atoms with E-state index >= 15 is 0 Å². The van der Waals surface area contributed by atoms with Crippen LogP contribution >= 0.6 is 0 Å². The molecule has 0 aliphatic carbocycles. The molecule has 0 bridgehead atoms. The van der Waals surface area contributed by atoms with Gasteiger partial charge in [-0.15, -0.1) is 0 Å². The summed E-state index contributed by atoms with van der Waals surface area (Å²) >= 11 is 0. The van der Waals surface area contributed by atoms with E-state index in [1.807, 2.05) is 0 Å². The van der Waals surface area contributed by atoms with Gasteiger partial charge in [0, 0.05) is 38.3 Å². The second-order valence-electron chi connectivity index (χ2n) is 6.81. The lowest BCUT2D eigenvalue weighted by molar-refractivity contribution is -0.151. The number of hydrogen-bond acceptors (Lipinski definition) is 4. The topological polar surface area (TPSA) is 53.0 Å². The Balaban J connectivity index is 1.68. The molecule has 3 unspecified atom stereocenters. The van der Waals surface area contributed by atoms with Crippen molar-refractivity contribution in [3.05, 3.63) is 0 Å². The maximum Gasteiger partial charge on any atom is 0.313 e. The van der Waals surface area contributed by atoms with Crippen LogP contribution in [0.3, 0.4) is 0 Å². The fourth-order valence-corrected chi connectivity index (χ4v) is 3.99. The average Bonchev–Trinajstić information content (AvgIpc) is 2.89. The van der Waals surface area contributed by atoms with E-state index in [1.54, 1.807) is 0 Å². The fourth-order valence-electron chi connectivity index (χ4n) is 3.99. The lowest BCUT2D eigenvalue weighted by Crippen LogP contribution is -2.61. The lowest BCUT2D eigenvalue weighted by Gasteiger charge is -2.49. The van der Waals surface area contributed by atoms with Crippen molar-refractivity contribution < 1.29 is 14.6 Å². The third-order valence-electron chi connectivity index (χ3n) is 5.38. The van der Waals surface area contributed by atoms with Crippen LogP contribution in [0.15, 0.2) is 0 Å². The Kier molecular flexibility index (Phi) is 4.02. The molecular weight excluding hydrogens is 256 g/mol. The molecule has 114 valence electrons. The van der Waals surface area contributed by atoms with E-state index in [2.05, 4.69) is 16.7 Å². The van der Waals surface area contributed by atoms with Crippen LogP contribution in [0.25, 0.3) is 0 Å². The first-order valence-electron chi connectivity index (χ1n) is 7.90. The van der Waals surface area contributed by atoms with Crippen molar-refractivity contribution in [2.45, 2.75) is 44.7 Å². The van der Waals surface area contributed by atoms with Crippen LogP contribution in [0.5, 0.6) is 0 Å². The molecule has 5 nitrogen and oxygen atoms in total. The third kappa shape index (κ3) is 2.59. The maximum absolute atomic E-state index is 11.7. The van der Waals surface area contributed by atoms with Crippen molar-refractivity contribution in [2.24, 2.45) is 5.41 Å². The highest BCUT2D eigenvalue weighted by Gasteiger charge is 2.46. The number of ether oxygens (including phenoxy) is 1. The molecule has 3 atom stereocenters. The minimum atomic E-state index is -0.687. The molecule has 3 aliphatic rings. The van der Waals surface area contributed by atoms with Crippen LogP contribution in [0.1, 0.15) is 32.6 Å². The highest BCUT2D eigenvalue weighted by molar-refractivity contribution is 5.75. The van der Waals surface area contributed by atoms with Crippen LogP contribution in [0.4, 0.5) is 0 Å². The minimum absolute atomic E-state index is 0.375. The van der Waals surface area contributed by atoms with Gasteiger partial charge in [0.25, 0.3) is 0 Å². The zero-order valence-electron chi connectivity index (χ0n) is 12.4. The van der Waals surface area contributed by atoms with Crippen molar-refractivity contribution in [2.75, 3.05) is 39.4 Å². The minimum Gasteiger partial charge on any atom is -0.481 e. The highest BCUT2D eigenvalue weighted by Crippen LogP contribution is 2.33. The Bertz CT molecular complexity index is 368. The van der Waals surface area contributed by atoms with E-state index in [-0.39, 0.29) is 0 Å². The number of aliphatic carboxylic acids is 1. The Hall–Kier alpha value is -0.650. The van der Waals surface area contributed by atoms with Gasteiger partial charge in [0.15, 0.2) is 0 Å². The van der Waals surface area contributed by atoms with Gasteiger partial charge in [-0.05, 0) is 32.7 Å². The largest absolute Gasteiger partial charge is 0.481 e. The molecule has 3 fully saturated rings. The second kappa shape index (κ2) is 5.62. The van der Waals surface area contributed by atoms with Crippen molar-refractivity contribution in [3.8, 4) is 0 Å². The third-order valence-corrected chi connectivity index (χ3v) is 5.38. The summed E-state index contributed by atoms with van der Waals surface area (Å²) in [5.41, 5.74) is -0.675. The number of fused-ring (bicyclic) bond motifs is 1. The average molecular weight is 282 g/mol. The zero-order chi connectivity index (χ0) is 14.2. The van der Waals surface area contributed by atoms with Crippen LogP contribution in [0.2, 0.25) is 0 Å². The van der Waals surface area contributed by atoms with Crippen molar-refractivity contribution >= 4 is 5.97 Å². The number of piperidine rings is 1. The van der Waals surface area contributed by atoms with Gasteiger partial charge in [-0.1, -0.05) is 6.42 Å². The molecule has 1 N–H and O–H groups in total. The van der Waals surface area contributed by atoms with Crippen molar-refractivity contribution in [1.82, 2.24) is 9.80 Å².